The van der Waals surface area contributed by atoms with Crippen LogP contribution < -0.4 is 0 Å². The zero-order chi connectivity index (χ0) is 38.0. The Morgan fingerprint density at radius 2 is 0.692 bits per heavy atom. The second-order valence-corrected chi connectivity index (χ2v) is 14.6. The largest absolute Gasteiger partial charge is 0.462 e. The Bertz CT molecular complexity index is 891. The molecule has 6 nitrogen and oxygen atoms in total. The molecule has 0 fully saturated rings. The summed E-state index contributed by atoms with van der Waals surface area (Å²) in [6, 6.07) is 0. The van der Waals surface area contributed by atoms with Crippen LogP contribution >= 0.6 is 0 Å². The zero-order valence-corrected chi connectivity index (χ0v) is 34.3. The molecule has 6 heteroatoms. The van der Waals surface area contributed by atoms with Crippen LogP contribution in [0.2, 0.25) is 0 Å². The van der Waals surface area contributed by atoms with E-state index >= 15 is 0 Å². The third kappa shape index (κ3) is 38.9. The van der Waals surface area contributed by atoms with E-state index in [1.807, 2.05) is 0 Å². The maximum atomic E-state index is 12.7. The first kappa shape index (κ1) is 49.6. The molecule has 0 saturated heterocycles. The summed E-state index contributed by atoms with van der Waals surface area (Å²) in [5, 5.41) is 0. The van der Waals surface area contributed by atoms with E-state index in [1.165, 1.54) is 89.9 Å². The van der Waals surface area contributed by atoms with Gasteiger partial charge in [-0.1, -0.05) is 160 Å². The summed E-state index contributed by atoms with van der Waals surface area (Å²) in [7, 11) is 0. The predicted octanol–water partition coefficient (Wildman–Crippen LogP) is 13.8. The van der Waals surface area contributed by atoms with E-state index in [2.05, 4.69) is 57.2 Å². The van der Waals surface area contributed by atoms with Crippen LogP contribution in [0.1, 0.15) is 220 Å². The highest BCUT2D eigenvalue weighted by atomic mass is 16.6. The van der Waals surface area contributed by atoms with Gasteiger partial charge in [-0.3, -0.25) is 14.4 Å². The number of ether oxygens (including phenoxy) is 3. The molecule has 0 aliphatic carbocycles. The first-order valence-electron chi connectivity index (χ1n) is 22.0. The van der Waals surface area contributed by atoms with Crippen LogP contribution in [0, 0.1) is 0 Å². The molecule has 0 heterocycles. The topological polar surface area (TPSA) is 78.9 Å². The van der Waals surface area contributed by atoms with Gasteiger partial charge >= 0.3 is 17.9 Å². The highest BCUT2D eigenvalue weighted by Crippen LogP contribution is 2.13. The van der Waals surface area contributed by atoms with Crippen LogP contribution in [0.4, 0.5) is 0 Å². The number of carbonyl (C=O) groups excluding carboxylic acids is 3. The molecule has 0 aromatic heterocycles. The molecule has 0 radical (unpaired) electrons. The molecule has 0 rings (SSSR count). The van der Waals surface area contributed by atoms with Crippen molar-refractivity contribution in [3.05, 3.63) is 36.5 Å². The van der Waals surface area contributed by atoms with Crippen LogP contribution in [0.25, 0.3) is 0 Å². The van der Waals surface area contributed by atoms with E-state index < -0.39 is 6.10 Å². The second-order valence-electron chi connectivity index (χ2n) is 14.6. The molecule has 302 valence electrons. The normalized spacial score (nSPS) is 12.3. The van der Waals surface area contributed by atoms with E-state index in [9.17, 15) is 14.4 Å². The van der Waals surface area contributed by atoms with Gasteiger partial charge in [0.25, 0.3) is 0 Å². The molecule has 0 spiro atoms. The van der Waals surface area contributed by atoms with Crippen molar-refractivity contribution < 1.29 is 28.6 Å². The van der Waals surface area contributed by atoms with Crippen LogP contribution in [0.5, 0.6) is 0 Å². The number of allylic oxidation sites excluding steroid dienone is 6. The molecule has 1 atom stereocenters. The lowest BCUT2D eigenvalue weighted by Crippen LogP contribution is -2.30. The fraction of sp³-hybridized carbons (Fsp3) is 0.804. The van der Waals surface area contributed by atoms with Gasteiger partial charge in [0.2, 0.25) is 0 Å². The minimum absolute atomic E-state index is 0.0794. The first-order valence-corrected chi connectivity index (χ1v) is 22.0. The average Bonchev–Trinajstić information content (AvgIpc) is 3.14. The van der Waals surface area contributed by atoms with Crippen LogP contribution in [-0.4, -0.2) is 37.2 Å². The molecule has 1 unspecified atom stereocenters. The summed E-state index contributed by atoms with van der Waals surface area (Å²) in [6.45, 7) is 6.51. The summed E-state index contributed by atoms with van der Waals surface area (Å²) >= 11 is 0. The lowest BCUT2D eigenvalue weighted by atomic mass is 10.1. The first-order chi connectivity index (χ1) is 25.5. The number of hydrogen-bond acceptors (Lipinski definition) is 6. The van der Waals surface area contributed by atoms with Crippen LogP contribution in [-0.2, 0) is 28.6 Å². The van der Waals surface area contributed by atoms with Gasteiger partial charge in [-0.2, -0.15) is 0 Å². The maximum absolute atomic E-state index is 12.7. The van der Waals surface area contributed by atoms with Gasteiger partial charge in [-0.05, 0) is 77.0 Å². The maximum Gasteiger partial charge on any atom is 0.306 e. The van der Waals surface area contributed by atoms with E-state index in [4.69, 9.17) is 14.2 Å². The smallest absolute Gasteiger partial charge is 0.306 e. The van der Waals surface area contributed by atoms with Crippen molar-refractivity contribution in [3.63, 3.8) is 0 Å². The predicted molar refractivity (Wildman–Crippen MR) is 219 cm³/mol. The van der Waals surface area contributed by atoms with E-state index in [0.29, 0.717) is 19.3 Å². The van der Waals surface area contributed by atoms with Gasteiger partial charge in [-0.15, -0.1) is 0 Å². The van der Waals surface area contributed by atoms with Gasteiger partial charge < -0.3 is 14.2 Å². The van der Waals surface area contributed by atoms with E-state index in [1.54, 1.807) is 0 Å². The molecule has 52 heavy (non-hydrogen) atoms. The molecule has 0 amide bonds. The second kappa shape index (κ2) is 41.4. The van der Waals surface area contributed by atoms with Crippen molar-refractivity contribution in [2.75, 3.05) is 13.2 Å². The molecule has 0 aliphatic rings. The Morgan fingerprint density at radius 1 is 0.385 bits per heavy atom. The van der Waals surface area contributed by atoms with E-state index in [0.717, 1.165) is 89.9 Å². The molecule has 0 aromatic carbocycles. The summed E-state index contributed by atoms with van der Waals surface area (Å²) in [5.74, 6) is -0.910. The summed E-state index contributed by atoms with van der Waals surface area (Å²) in [4.78, 5) is 37.5. The number of esters is 3. The van der Waals surface area contributed by atoms with Crippen molar-refractivity contribution in [1.29, 1.82) is 0 Å². The Morgan fingerprint density at radius 3 is 1.12 bits per heavy atom. The standard InChI is InChI=1S/C46H82O6/c1-4-7-10-13-16-18-20-22-23-24-26-27-30-33-36-39-45(48)51-42-43(41-50-44(47)38-35-32-29-15-12-9-6-3)52-46(49)40-37-34-31-28-25-21-19-17-14-11-8-5-2/h16-19,22-23,43H,4-15,20-21,24-42H2,1-3H3/b18-16-,19-17-,23-22-. The zero-order valence-electron chi connectivity index (χ0n) is 34.3. The van der Waals surface area contributed by atoms with Crippen molar-refractivity contribution in [2.24, 2.45) is 0 Å². The van der Waals surface area contributed by atoms with Gasteiger partial charge in [-0.25, -0.2) is 0 Å². The molecule has 0 aliphatic heterocycles. The average molecular weight is 731 g/mol. The number of unbranched alkanes of at least 4 members (excludes halogenated alkanes) is 22. The molecular weight excluding hydrogens is 648 g/mol. The number of hydrogen-bond donors (Lipinski definition) is 0. The van der Waals surface area contributed by atoms with Gasteiger partial charge in [0.1, 0.15) is 13.2 Å². The van der Waals surface area contributed by atoms with Gasteiger partial charge in [0.05, 0.1) is 0 Å². The lowest BCUT2D eigenvalue weighted by molar-refractivity contribution is -0.167. The fourth-order valence-corrected chi connectivity index (χ4v) is 5.99. The quantitative estimate of drug-likeness (QED) is 0.0271. The summed E-state index contributed by atoms with van der Waals surface area (Å²) in [5.41, 5.74) is 0. The van der Waals surface area contributed by atoms with Crippen molar-refractivity contribution in [3.8, 4) is 0 Å². The molecule has 0 bridgehead atoms. The minimum atomic E-state index is -0.775. The fourth-order valence-electron chi connectivity index (χ4n) is 5.99. The highest BCUT2D eigenvalue weighted by molar-refractivity contribution is 5.71. The van der Waals surface area contributed by atoms with Crippen LogP contribution in [0.15, 0.2) is 36.5 Å². The summed E-state index contributed by atoms with van der Waals surface area (Å²) < 4.78 is 16.6. The van der Waals surface area contributed by atoms with E-state index in [-0.39, 0.29) is 31.1 Å². The van der Waals surface area contributed by atoms with Crippen molar-refractivity contribution in [1.82, 2.24) is 0 Å². The van der Waals surface area contributed by atoms with Crippen LogP contribution in [0.3, 0.4) is 0 Å². The Kier molecular flexibility index (Phi) is 39.5. The Labute approximate surface area is 321 Å². The summed E-state index contributed by atoms with van der Waals surface area (Å²) in [6.07, 6.45) is 45.6. The molecular formula is C46H82O6. The Balaban J connectivity index is 4.34. The van der Waals surface area contributed by atoms with Crippen molar-refractivity contribution in [2.45, 2.75) is 226 Å². The molecule has 0 aromatic rings. The Hall–Kier alpha value is -2.37. The lowest BCUT2D eigenvalue weighted by Gasteiger charge is -2.18. The third-order valence-corrected chi connectivity index (χ3v) is 9.37. The third-order valence-electron chi connectivity index (χ3n) is 9.37. The SMILES string of the molecule is CCCCC/C=C\C/C=C\CCCCCCCC(=O)OCC(COC(=O)CCCCCCCCC)OC(=O)CCCCCCC/C=C\CCCCC. The number of rotatable bonds is 39. The monoisotopic (exact) mass is 731 g/mol. The van der Waals surface area contributed by atoms with Crippen molar-refractivity contribution >= 4 is 17.9 Å². The highest BCUT2D eigenvalue weighted by Gasteiger charge is 2.19. The van der Waals surface area contributed by atoms with Gasteiger partial charge in [0.15, 0.2) is 6.10 Å². The minimum Gasteiger partial charge on any atom is -0.462 e. The van der Waals surface area contributed by atoms with Gasteiger partial charge in [0, 0.05) is 19.3 Å². The molecule has 0 N–H and O–H groups in total. The molecule has 0 saturated carbocycles. The number of carbonyl (C=O) groups is 3.